The number of halogens is 2. The molecule has 0 saturated carbocycles. The minimum absolute atomic E-state index is 0.00872. The molecule has 1 aliphatic heterocycles. The highest BCUT2D eigenvalue weighted by atomic mass is 35.5. The van der Waals surface area contributed by atoms with Gasteiger partial charge in [0.15, 0.2) is 0 Å². The predicted molar refractivity (Wildman–Crippen MR) is 101 cm³/mol. The lowest BCUT2D eigenvalue weighted by Gasteiger charge is -2.35. The summed E-state index contributed by atoms with van der Waals surface area (Å²) >= 11 is 12.2. The lowest BCUT2D eigenvalue weighted by Crippen LogP contribution is -2.48. The number of amides is 1. The molecule has 0 aromatic heterocycles. The molecule has 0 bridgehead atoms. The molecule has 0 radical (unpaired) electrons. The number of hydrogen-bond donors (Lipinski definition) is 0. The van der Waals surface area contributed by atoms with E-state index in [-0.39, 0.29) is 5.91 Å². The molecule has 0 N–H and O–H groups in total. The molecule has 0 spiro atoms. The van der Waals surface area contributed by atoms with Crippen molar-refractivity contribution in [2.45, 2.75) is 6.54 Å². The van der Waals surface area contributed by atoms with Gasteiger partial charge in [0.25, 0.3) is 5.91 Å². The molecule has 25 heavy (non-hydrogen) atoms. The van der Waals surface area contributed by atoms with Crippen molar-refractivity contribution < 1.29 is 9.53 Å². The van der Waals surface area contributed by atoms with Crippen molar-refractivity contribution in [2.75, 3.05) is 33.3 Å². The van der Waals surface area contributed by atoms with Crippen LogP contribution in [0.1, 0.15) is 15.9 Å². The summed E-state index contributed by atoms with van der Waals surface area (Å²) in [7, 11) is 1.66. The Morgan fingerprint density at radius 2 is 1.80 bits per heavy atom. The molecule has 4 nitrogen and oxygen atoms in total. The number of hydrogen-bond acceptors (Lipinski definition) is 3. The monoisotopic (exact) mass is 378 g/mol. The number of rotatable bonds is 4. The van der Waals surface area contributed by atoms with Gasteiger partial charge in [-0.1, -0.05) is 35.3 Å². The van der Waals surface area contributed by atoms with E-state index in [2.05, 4.69) is 4.90 Å². The summed E-state index contributed by atoms with van der Waals surface area (Å²) < 4.78 is 5.41. The second-order valence-electron chi connectivity index (χ2n) is 6.00. The standard InChI is InChI=1S/C19H20Cl2N2O2/c1-25-18-7-6-15(20)12-14(18)13-22-8-10-23(11-9-22)19(24)16-4-2-3-5-17(16)21/h2-7,12H,8-11,13H2,1H3. The van der Waals surface area contributed by atoms with Crippen LogP contribution in [0.25, 0.3) is 0 Å². The lowest BCUT2D eigenvalue weighted by molar-refractivity contribution is 0.0627. The third-order valence-corrected chi connectivity index (χ3v) is 4.96. The maximum Gasteiger partial charge on any atom is 0.255 e. The highest BCUT2D eigenvalue weighted by molar-refractivity contribution is 6.33. The molecular weight excluding hydrogens is 359 g/mol. The molecule has 1 fully saturated rings. The van der Waals surface area contributed by atoms with Gasteiger partial charge in [-0.05, 0) is 30.3 Å². The van der Waals surface area contributed by atoms with Gasteiger partial charge in [0.2, 0.25) is 0 Å². The lowest BCUT2D eigenvalue weighted by atomic mass is 10.1. The first-order valence-electron chi connectivity index (χ1n) is 8.17. The molecule has 132 valence electrons. The first kappa shape index (κ1) is 18.1. The van der Waals surface area contributed by atoms with Gasteiger partial charge in [-0.25, -0.2) is 0 Å². The van der Waals surface area contributed by atoms with Crippen molar-refractivity contribution in [1.29, 1.82) is 0 Å². The number of carbonyl (C=O) groups excluding carboxylic acids is 1. The number of piperazine rings is 1. The Kier molecular flexibility index (Phi) is 5.84. The van der Waals surface area contributed by atoms with Gasteiger partial charge in [-0.3, -0.25) is 9.69 Å². The van der Waals surface area contributed by atoms with Crippen molar-refractivity contribution in [3.05, 3.63) is 63.6 Å². The predicted octanol–water partition coefficient (Wildman–Crippen LogP) is 3.96. The van der Waals surface area contributed by atoms with Crippen LogP contribution in [0, 0.1) is 0 Å². The molecule has 1 heterocycles. The molecule has 2 aromatic rings. The summed E-state index contributed by atoms with van der Waals surface area (Å²) in [6.07, 6.45) is 0. The third kappa shape index (κ3) is 4.27. The molecule has 2 aromatic carbocycles. The third-order valence-electron chi connectivity index (χ3n) is 4.40. The quantitative estimate of drug-likeness (QED) is 0.806. The van der Waals surface area contributed by atoms with Crippen LogP contribution in [0.4, 0.5) is 0 Å². The van der Waals surface area contributed by atoms with Gasteiger partial charge < -0.3 is 9.64 Å². The van der Waals surface area contributed by atoms with E-state index in [0.29, 0.717) is 28.7 Å². The van der Waals surface area contributed by atoms with E-state index in [1.54, 1.807) is 19.2 Å². The fourth-order valence-electron chi connectivity index (χ4n) is 3.03. The average Bonchev–Trinajstić information content (AvgIpc) is 2.62. The Morgan fingerprint density at radius 1 is 1.08 bits per heavy atom. The van der Waals surface area contributed by atoms with Crippen LogP contribution >= 0.6 is 23.2 Å². The molecular formula is C19H20Cl2N2O2. The van der Waals surface area contributed by atoms with E-state index in [1.807, 2.05) is 35.2 Å². The number of ether oxygens (including phenoxy) is 1. The summed E-state index contributed by atoms with van der Waals surface area (Å²) in [6.45, 7) is 3.69. The van der Waals surface area contributed by atoms with Crippen LogP contribution in [-0.2, 0) is 6.54 Å². The molecule has 1 aliphatic rings. The topological polar surface area (TPSA) is 32.8 Å². The van der Waals surface area contributed by atoms with Gasteiger partial charge in [0.1, 0.15) is 5.75 Å². The number of nitrogens with zero attached hydrogens (tertiary/aromatic N) is 2. The van der Waals surface area contributed by atoms with Crippen molar-refractivity contribution in [3.8, 4) is 5.75 Å². The minimum Gasteiger partial charge on any atom is -0.496 e. The maximum absolute atomic E-state index is 12.6. The Morgan fingerprint density at radius 3 is 2.48 bits per heavy atom. The first-order valence-corrected chi connectivity index (χ1v) is 8.92. The van der Waals surface area contributed by atoms with Crippen LogP contribution in [0.3, 0.4) is 0 Å². The van der Waals surface area contributed by atoms with Crippen molar-refractivity contribution in [3.63, 3.8) is 0 Å². The number of carbonyl (C=O) groups is 1. The fourth-order valence-corrected chi connectivity index (χ4v) is 3.44. The smallest absolute Gasteiger partial charge is 0.255 e. The SMILES string of the molecule is COc1ccc(Cl)cc1CN1CCN(C(=O)c2ccccc2Cl)CC1. The van der Waals surface area contributed by atoms with Gasteiger partial charge in [-0.15, -0.1) is 0 Å². The van der Waals surface area contributed by atoms with Gasteiger partial charge in [-0.2, -0.15) is 0 Å². The molecule has 0 aliphatic carbocycles. The van der Waals surface area contributed by atoms with E-state index in [4.69, 9.17) is 27.9 Å². The summed E-state index contributed by atoms with van der Waals surface area (Å²) in [4.78, 5) is 16.8. The van der Waals surface area contributed by atoms with Crippen LogP contribution < -0.4 is 4.74 Å². The Labute approximate surface area is 157 Å². The fraction of sp³-hybridized carbons (Fsp3) is 0.316. The normalized spacial score (nSPS) is 15.2. The Balaban J connectivity index is 1.62. The zero-order chi connectivity index (χ0) is 17.8. The van der Waals surface area contributed by atoms with E-state index in [9.17, 15) is 4.79 Å². The van der Waals surface area contributed by atoms with E-state index in [0.717, 1.165) is 30.9 Å². The zero-order valence-corrected chi connectivity index (χ0v) is 15.6. The van der Waals surface area contributed by atoms with E-state index >= 15 is 0 Å². The van der Waals surface area contributed by atoms with Gasteiger partial charge in [0.05, 0.1) is 17.7 Å². The van der Waals surface area contributed by atoms with Crippen molar-refractivity contribution in [2.24, 2.45) is 0 Å². The molecule has 0 unspecified atom stereocenters. The minimum atomic E-state index is -0.00872. The molecule has 6 heteroatoms. The van der Waals surface area contributed by atoms with Crippen LogP contribution in [-0.4, -0.2) is 49.0 Å². The Hall–Kier alpha value is -1.75. The molecule has 1 saturated heterocycles. The number of methoxy groups -OCH3 is 1. The van der Waals surface area contributed by atoms with Crippen molar-refractivity contribution >= 4 is 29.1 Å². The second kappa shape index (κ2) is 8.09. The molecule has 0 atom stereocenters. The van der Waals surface area contributed by atoms with Crippen molar-refractivity contribution in [1.82, 2.24) is 9.80 Å². The van der Waals surface area contributed by atoms with Gasteiger partial charge >= 0.3 is 0 Å². The van der Waals surface area contributed by atoms with E-state index in [1.165, 1.54) is 0 Å². The summed E-state index contributed by atoms with van der Waals surface area (Å²) in [5.74, 6) is 0.824. The van der Waals surface area contributed by atoms with Crippen LogP contribution in [0.15, 0.2) is 42.5 Å². The maximum atomic E-state index is 12.6. The Bertz CT molecular complexity index is 759. The summed E-state index contributed by atoms with van der Waals surface area (Å²) in [6, 6.07) is 12.8. The summed E-state index contributed by atoms with van der Waals surface area (Å²) in [5, 5.41) is 1.20. The number of benzene rings is 2. The van der Waals surface area contributed by atoms with E-state index < -0.39 is 0 Å². The highest BCUT2D eigenvalue weighted by Gasteiger charge is 2.24. The highest BCUT2D eigenvalue weighted by Crippen LogP contribution is 2.25. The van der Waals surface area contributed by atoms with Crippen LogP contribution in [0.5, 0.6) is 5.75 Å². The second-order valence-corrected chi connectivity index (χ2v) is 6.85. The molecule has 1 amide bonds. The van der Waals surface area contributed by atoms with Gasteiger partial charge in [0, 0.05) is 43.3 Å². The molecule has 3 rings (SSSR count). The first-order chi connectivity index (χ1) is 12.1. The van der Waals surface area contributed by atoms with Crippen LogP contribution in [0.2, 0.25) is 10.0 Å². The average molecular weight is 379 g/mol. The summed E-state index contributed by atoms with van der Waals surface area (Å²) in [5.41, 5.74) is 1.62. The largest absolute Gasteiger partial charge is 0.496 e. The zero-order valence-electron chi connectivity index (χ0n) is 14.0.